The standard InChI is InChI=1S/C28H32FN5O/c1-20(23-8-5-4-6-9-23)16-28(35)33-15-7-10-25(19-33)32-21(2)13-14-30-22(3)26-17-31-27-12-11-24(29)18-34(26)27/h4-6,8-9,11-14,17-18,20,25,32H,2,7,10,15-16,19H2,1,3H3/b14-13-,30-22?/t20-,25?/m0/s1. The van der Waals surface area contributed by atoms with Crippen molar-refractivity contribution in [3.05, 3.63) is 96.5 Å². The summed E-state index contributed by atoms with van der Waals surface area (Å²) in [5.74, 6) is 0.0614. The lowest BCUT2D eigenvalue weighted by Crippen LogP contribution is -2.47. The van der Waals surface area contributed by atoms with Crippen LogP contribution in [0.25, 0.3) is 5.65 Å². The van der Waals surface area contributed by atoms with Gasteiger partial charge in [0, 0.05) is 43.6 Å². The Labute approximate surface area is 205 Å². The highest BCUT2D eigenvalue weighted by Gasteiger charge is 2.24. The van der Waals surface area contributed by atoms with E-state index in [0.717, 1.165) is 30.8 Å². The highest BCUT2D eigenvalue weighted by atomic mass is 19.1. The van der Waals surface area contributed by atoms with E-state index in [-0.39, 0.29) is 23.7 Å². The number of rotatable bonds is 8. The number of likely N-dealkylation sites (tertiary alicyclic amines) is 1. The molecule has 0 saturated carbocycles. The van der Waals surface area contributed by atoms with Crippen LogP contribution in [0.4, 0.5) is 4.39 Å². The summed E-state index contributed by atoms with van der Waals surface area (Å²) in [6, 6.07) is 13.3. The van der Waals surface area contributed by atoms with Gasteiger partial charge in [0.05, 0.1) is 17.6 Å². The van der Waals surface area contributed by atoms with E-state index < -0.39 is 0 Å². The molecular weight excluding hydrogens is 441 g/mol. The SMILES string of the molecule is C=C(/C=C\N=C(C)c1cnc2ccc(F)cn12)NC1CCCN(C(=O)C[C@H](C)c2ccccc2)C1. The molecule has 4 rings (SSSR count). The number of imidazole rings is 1. The number of fused-ring (bicyclic) bond motifs is 1. The second-order valence-corrected chi connectivity index (χ2v) is 9.11. The van der Waals surface area contributed by atoms with Crippen LogP contribution in [0.15, 0.2) is 84.4 Å². The van der Waals surface area contributed by atoms with Crippen molar-refractivity contribution < 1.29 is 9.18 Å². The van der Waals surface area contributed by atoms with Crippen LogP contribution in [0.2, 0.25) is 0 Å². The van der Waals surface area contributed by atoms with E-state index in [9.17, 15) is 9.18 Å². The summed E-state index contributed by atoms with van der Waals surface area (Å²) < 4.78 is 15.3. The molecule has 0 bridgehead atoms. The first-order chi connectivity index (χ1) is 16.9. The third-order valence-electron chi connectivity index (χ3n) is 6.40. The maximum Gasteiger partial charge on any atom is 0.223 e. The van der Waals surface area contributed by atoms with Crippen LogP contribution in [-0.2, 0) is 4.79 Å². The molecule has 35 heavy (non-hydrogen) atoms. The van der Waals surface area contributed by atoms with Crippen molar-refractivity contribution in [2.24, 2.45) is 4.99 Å². The number of nitrogens with one attached hydrogen (secondary N) is 1. The zero-order valence-corrected chi connectivity index (χ0v) is 20.3. The van der Waals surface area contributed by atoms with E-state index in [1.54, 1.807) is 22.9 Å². The minimum absolute atomic E-state index is 0.156. The Morgan fingerprint density at radius 2 is 2.11 bits per heavy atom. The van der Waals surface area contributed by atoms with Crippen LogP contribution in [0.5, 0.6) is 0 Å². The Morgan fingerprint density at radius 3 is 2.91 bits per heavy atom. The van der Waals surface area contributed by atoms with Gasteiger partial charge in [0.15, 0.2) is 0 Å². The van der Waals surface area contributed by atoms with Crippen LogP contribution >= 0.6 is 0 Å². The van der Waals surface area contributed by atoms with Crippen molar-refractivity contribution in [2.45, 2.75) is 45.1 Å². The van der Waals surface area contributed by atoms with Crippen LogP contribution in [0, 0.1) is 5.82 Å². The highest BCUT2D eigenvalue weighted by Crippen LogP contribution is 2.21. The van der Waals surface area contributed by atoms with Gasteiger partial charge in [-0.05, 0) is 49.5 Å². The summed E-state index contributed by atoms with van der Waals surface area (Å²) in [4.78, 5) is 23.6. The first-order valence-electron chi connectivity index (χ1n) is 12.0. The smallest absolute Gasteiger partial charge is 0.223 e. The average Bonchev–Trinajstić information content (AvgIpc) is 3.27. The summed E-state index contributed by atoms with van der Waals surface area (Å²) in [5, 5.41) is 3.42. The summed E-state index contributed by atoms with van der Waals surface area (Å²) in [5.41, 5.74) is 4.04. The molecule has 1 aromatic carbocycles. The predicted molar refractivity (Wildman–Crippen MR) is 138 cm³/mol. The molecule has 1 fully saturated rings. The molecular formula is C28H32FN5O. The van der Waals surface area contributed by atoms with Crippen molar-refractivity contribution in [3.63, 3.8) is 0 Å². The van der Waals surface area contributed by atoms with E-state index in [0.29, 0.717) is 24.3 Å². The summed E-state index contributed by atoms with van der Waals surface area (Å²) in [6.45, 7) is 9.52. The van der Waals surface area contributed by atoms with E-state index in [1.165, 1.54) is 17.8 Å². The molecule has 0 radical (unpaired) electrons. The lowest BCUT2D eigenvalue weighted by molar-refractivity contribution is -0.132. The number of aliphatic imine (C=N–C) groups is 1. The molecule has 0 spiro atoms. The third-order valence-corrected chi connectivity index (χ3v) is 6.40. The summed E-state index contributed by atoms with van der Waals surface area (Å²) in [6.07, 6.45) is 9.03. The van der Waals surface area contributed by atoms with Gasteiger partial charge in [0.2, 0.25) is 5.91 Å². The molecule has 3 aromatic rings. The number of halogens is 1. The lowest BCUT2D eigenvalue weighted by atomic mass is 9.96. The second kappa shape index (κ2) is 11.1. The van der Waals surface area contributed by atoms with E-state index >= 15 is 0 Å². The van der Waals surface area contributed by atoms with E-state index in [4.69, 9.17) is 0 Å². The van der Waals surface area contributed by atoms with Crippen molar-refractivity contribution in [1.29, 1.82) is 0 Å². The Balaban J connectivity index is 1.30. The Kier molecular flexibility index (Phi) is 7.75. The fourth-order valence-corrected chi connectivity index (χ4v) is 4.45. The maximum absolute atomic E-state index is 13.6. The summed E-state index contributed by atoms with van der Waals surface area (Å²) in [7, 11) is 0. The number of hydrogen-bond acceptors (Lipinski definition) is 4. The normalized spacial score (nSPS) is 17.6. The number of benzene rings is 1. The molecule has 2 atom stereocenters. The zero-order chi connectivity index (χ0) is 24.8. The number of hydrogen-bond donors (Lipinski definition) is 1. The number of carbonyl (C=O) groups excluding carboxylic acids is 1. The van der Waals surface area contributed by atoms with Gasteiger partial charge in [-0.3, -0.25) is 14.2 Å². The van der Waals surface area contributed by atoms with Crippen LogP contribution in [-0.4, -0.2) is 45.0 Å². The fourth-order valence-electron chi connectivity index (χ4n) is 4.45. The van der Waals surface area contributed by atoms with Crippen LogP contribution in [0.3, 0.4) is 0 Å². The predicted octanol–water partition coefficient (Wildman–Crippen LogP) is 5.08. The largest absolute Gasteiger partial charge is 0.381 e. The van der Waals surface area contributed by atoms with Crippen molar-refractivity contribution in [2.75, 3.05) is 13.1 Å². The highest BCUT2D eigenvalue weighted by molar-refractivity contribution is 5.98. The third kappa shape index (κ3) is 6.23. The Bertz CT molecular complexity index is 1250. The molecule has 3 heterocycles. The monoisotopic (exact) mass is 473 g/mol. The molecule has 1 N–H and O–H groups in total. The molecule has 6 nitrogen and oxygen atoms in total. The van der Waals surface area contributed by atoms with Gasteiger partial charge < -0.3 is 10.2 Å². The van der Waals surface area contributed by atoms with Gasteiger partial charge in [0.25, 0.3) is 0 Å². The number of carbonyl (C=O) groups is 1. The zero-order valence-electron chi connectivity index (χ0n) is 20.3. The molecule has 2 aromatic heterocycles. The molecule has 1 amide bonds. The first kappa shape index (κ1) is 24.4. The number of aromatic nitrogens is 2. The van der Waals surface area contributed by atoms with Gasteiger partial charge in [-0.2, -0.15) is 0 Å². The van der Waals surface area contributed by atoms with Gasteiger partial charge in [-0.25, -0.2) is 9.37 Å². The average molecular weight is 474 g/mol. The van der Waals surface area contributed by atoms with Crippen molar-refractivity contribution in [1.82, 2.24) is 19.6 Å². The number of allylic oxidation sites excluding steroid dienone is 1. The molecule has 1 unspecified atom stereocenters. The summed E-state index contributed by atoms with van der Waals surface area (Å²) >= 11 is 0. The van der Waals surface area contributed by atoms with E-state index in [1.807, 2.05) is 36.1 Å². The topological polar surface area (TPSA) is 62.0 Å². The molecule has 1 saturated heterocycles. The van der Waals surface area contributed by atoms with Gasteiger partial charge >= 0.3 is 0 Å². The Morgan fingerprint density at radius 1 is 1.31 bits per heavy atom. The van der Waals surface area contributed by atoms with Crippen molar-refractivity contribution >= 4 is 17.3 Å². The number of amides is 1. The minimum atomic E-state index is -0.327. The molecule has 0 aliphatic carbocycles. The molecule has 1 aliphatic rings. The van der Waals surface area contributed by atoms with Gasteiger partial charge in [-0.15, -0.1) is 0 Å². The Hall–Kier alpha value is -3.74. The van der Waals surface area contributed by atoms with E-state index in [2.05, 4.69) is 40.9 Å². The minimum Gasteiger partial charge on any atom is -0.381 e. The van der Waals surface area contributed by atoms with Gasteiger partial charge in [-0.1, -0.05) is 43.8 Å². The second-order valence-electron chi connectivity index (χ2n) is 9.11. The molecule has 1 aliphatic heterocycles. The van der Waals surface area contributed by atoms with Crippen LogP contribution in [0.1, 0.15) is 50.3 Å². The van der Waals surface area contributed by atoms with Crippen molar-refractivity contribution in [3.8, 4) is 0 Å². The number of piperidine rings is 1. The maximum atomic E-state index is 13.6. The van der Waals surface area contributed by atoms with Crippen LogP contribution < -0.4 is 5.32 Å². The number of nitrogens with zero attached hydrogens (tertiary/aromatic N) is 4. The lowest BCUT2D eigenvalue weighted by Gasteiger charge is -2.34. The molecule has 7 heteroatoms. The first-order valence-corrected chi connectivity index (χ1v) is 12.0. The molecule has 182 valence electrons. The fraction of sp³-hybridized carbons (Fsp3) is 0.321. The quantitative estimate of drug-likeness (QED) is 0.366. The van der Waals surface area contributed by atoms with Gasteiger partial charge in [0.1, 0.15) is 11.5 Å². The number of pyridine rings is 1.